The highest BCUT2D eigenvalue weighted by atomic mass is 14.9. The van der Waals surface area contributed by atoms with E-state index in [2.05, 4.69) is 53.6 Å². The molecule has 0 unspecified atom stereocenters. The predicted octanol–water partition coefficient (Wildman–Crippen LogP) is 3.62. The summed E-state index contributed by atoms with van der Waals surface area (Å²) in [5, 5.41) is 3.43. The smallest absolute Gasteiger partial charge is 0.0400 e. The SMILES string of the molecule is Cc1cccc(CNc2cc(C)nc(C)c2)c1. The van der Waals surface area contributed by atoms with Crippen LogP contribution in [0.4, 0.5) is 5.69 Å². The molecule has 0 saturated carbocycles. The second-order valence-electron chi connectivity index (χ2n) is 4.48. The number of aromatic nitrogens is 1. The summed E-state index contributed by atoms with van der Waals surface area (Å²) in [5.74, 6) is 0. The lowest BCUT2D eigenvalue weighted by Gasteiger charge is -2.08. The zero-order chi connectivity index (χ0) is 12.3. The summed E-state index contributed by atoms with van der Waals surface area (Å²) < 4.78 is 0. The predicted molar refractivity (Wildman–Crippen MR) is 72.2 cm³/mol. The van der Waals surface area contributed by atoms with Gasteiger partial charge in [-0.3, -0.25) is 4.98 Å². The standard InChI is InChI=1S/C15H18N2/c1-11-5-4-6-14(7-11)10-16-15-8-12(2)17-13(3)9-15/h4-9H,10H2,1-3H3,(H,16,17). The normalized spacial score (nSPS) is 10.3. The van der Waals surface area contributed by atoms with Gasteiger partial charge in [0.2, 0.25) is 0 Å². The van der Waals surface area contributed by atoms with Crippen LogP contribution in [0.2, 0.25) is 0 Å². The van der Waals surface area contributed by atoms with E-state index in [1.165, 1.54) is 11.1 Å². The van der Waals surface area contributed by atoms with Crippen molar-refractivity contribution in [3.05, 3.63) is 58.9 Å². The molecule has 2 rings (SSSR count). The number of nitrogens with zero attached hydrogens (tertiary/aromatic N) is 1. The number of pyridine rings is 1. The molecule has 0 atom stereocenters. The van der Waals surface area contributed by atoms with E-state index in [-0.39, 0.29) is 0 Å². The van der Waals surface area contributed by atoms with E-state index in [1.54, 1.807) is 0 Å². The maximum Gasteiger partial charge on any atom is 0.0400 e. The first-order valence-corrected chi connectivity index (χ1v) is 5.88. The average Bonchev–Trinajstić information content (AvgIpc) is 2.25. The summed E-state index contributed by atoms with van der Waals surface area (Å²) in [4.78, 5) is 4.36. The Kier molecular flexibility index (Phi) is 3.43. The van der Waals surface area contributed by atoms with Crippen LogP contribution < -0.4 is 5.32 Å². The minimum atomic E-state index is 0.852. The molecular weight excluding hydrogens is 208 g/mol. The Balaban J connectivity index is 2.07. The van der Waals surface area contributed by atoms with Gasteiger partial charge >= 0.3 is 0 Å². The lowest BCUT2D eigenvalue weighted by molar-refractivity contribution is 1.09. The molecule has 0 fully saturated rings. The Morgan fingerprint density at radius 3 is 2.35 bits per heavy atom. The lowest BCUT2D eigenvalue weighted by Crippen LogP contribution is -2.01. The van der Waals surface area contributed by atoms with Crippen LogP contribution in [0.1, 0.15) is 22.5 Å². The second-order valence-corrected chi connectivity index (χ2v) is 4.48. The zero-order valence-electron chi connectivity index (χ0n) is 10.6. The number of rotatable bonds is 3. The molecule has 1 aromatic carbocycles. The monoisotopic (exact) mass is 226 g/mol. The van der Waals surface area contributed by atoms with E-state index >= 15 is 0 Å². The van der Waals surface area contributed by atoms with Gasteiger partial charge in [-0.05, 0) is 38.5 Å². The van der Waals surface area contributed by atoms with Crippen molar-refractivity contribution >= 4 is 5.69 Å². The first-order chi connectivity index (χ1) is 8.13. The Morgan fingerprint density at radius 2 is 1.71 bits per heavy atom. The van der Waals surface area contributed by atoms with Crippen molar-refractivity contribution in [3.63, 3.8) is 0 Å². The van der Waals surface area contributed by atoms with Crippen molar-refractivity contribution in [2.24, 2.45) is 0 Å². The van der Waals surface area contributed by atoms with Crippen molar-refractivity contribution < 1.29 is 0 Å². The van der Waals surface area contributed by atoms with Crippen molar-refractivity contribution in [1.29, 1.82) is 0 Å². The number of hydrogen-bond donors (Lipinski definition) is 1. The Bertz CT molecular complexity index is 498. The number of benzene rings is 1. The molecule has 88 valence electrons. The lowest BCUT2D eigenvalue weighted by atomic mass is 10.1. The van der Waals surface area contributed by atoms with Crippen LogP contribution in [0, 0.1) is 20.8 Å². The van der Waals surface area contributed by atoms with E-state index in [4.69, 9.17) is 0 Å². The Labute approximate surface area is 103 Å². The number of nitrogens with one attached hydrogen (secondary N) is 1. The van der Waals surface area contributed by atoms with Crippen LogP contribution in [0.25, 0.3) is 0 Å². The van der Waals surface area contributed by atoms with E-state index in [0.29, 0.717) is 0 Å². The maximum atomic E-state index is 4.36. The third-order valence-corrected chi connectivity index (χ3v) is 2.66. The van der Waals surface area contributed by atoms with Crippen LogP contribution >= 0.6 is 0 Å². The summed E-state index contributed by atoms with van der Waals surface area (Å²) in [6, 6.07) is 12.7. The van der Waals surface area contributed by atoms with Gasteiger partial charge < -0.3 is 5.32 Å². The molecular formula is C15H18N2. The van der Waals surface area contributed by atoms with Gasteiger partial charge in [0.05, 0.1) is 0 Å². The van der Waals surface area contributed by atoms with Gasteiger partial charge in [0, 0.05) is 23.6 Å². The molecule has 2 nitrogen and oxygen atoms in total. The van der Waals surface area contributed by atoms with E-state index in [9.17, 15) is 0 Å². The molecule has 0 saturated heterocycles. The van der Waals surface area contributed by atoms with Crippen LogP contribution in [0.3, 0.4) is 0 Å². The summed E-state index contributed by atoms with van der Waals surface area (Å²) >= 11 is 0. The molecule has 2 aromatic rings. The second kappa shape index (κ2) is 5.00. The molecule has 1 aromatic heterocycles. The summed E-state index contributed by atoms with van der Waals surface area (Å²) in [6.07, 6.45) is 0. The summed E-state index contributed by atoms with van der Waals surface area (Å²) in [5.41, 5.74) is 5.84. The van der Waals surface area contributed by atoms with E-state index < -0.39 is 0 Å². The molecule has 0 bridgehead atoms. The molecule has 0 radical (unpaired) electrons. The van der Waals surface area contributed by atoms with Gasteiger partial charge in [0.15, 0.2) is 0 Å². The number of hydrogen-bond acceptors (Lipinski definition) is 2. The topological polar surface area (TPSA) is 24.9 Å². The molecule has 1 N–H and O–H groups in total. The van der Waals surface area contributed by atoms with Crippen LogP contribution in [0.15, 0.2) is 36.4 Å². The quantitative estimate of drug-likeness (QED) is 0.864. The number of aryl methyl sites for hydroxylation is 3. The molecule has 0 spiro atoms. The van der Waals surface area contributed by atoms with Crippen molar-refractivity contribution in [1.82, 2.24) is 4.98 Å². The Hall–Kier alpha value is -1.83. The third kappa shape index (κ3) is 3.31. The van der Waals surface area contributed by atoms with Crippen LogP contribution in [-0.2, 0) is 6.54 Å². The fourth-order valence-electron chi connectivity index (χ4n) is 1.96. The zero-order valence-corrected chi connectivity index (χ0v) is 10.6. The highest BCUT2D eigenvalue weighted by molar-refractivity contribution is 5.45. The van der Waals surface area contributed by atoms with Gasteiger partial charge in [-0.15, -0.1) is 0 Å². The summed E-state index contributed by atoms with van der Waals surface area (Å²) in [7, 11) is 0. The van der Waals surface area contributed by atoms with Gasteiger partial charge in [-0.1, -0.05) is 29.8 Å². The van der Waals surface area contributed by atoms with Gasteiger partial charge in [0.25, 0.3) is 0 Å². The Morgan fingerprint density at radius 1 is 1.00 bits per heavy atom. The molecule has 0 aliphatic heterocycles. The van der Waals surface area contributed by atoms with Gasteiger partial charge in [-0.25, -0.2) is 0 Å². The molecule has 0 amide bonds. The highest BCUT2D eigenvalue weighted by Crippen LogP contribution is 2.12. The molecule has 2 heteroatoms. The van der Waals surface area contributed by atoms with Crippen LogP contribution in [-0.4, -0.2) is 4.98 Å². The third-order valence-electron chi connectivity index (χ3n) is 2.66. The summed E-state index contributed by atoms with van der Waals surface area (Å²) in [6.45, 7) is 7.00. The fraction of sp³-hybridized carbons (Fsp3) is 0.267. The average molecular weight is 226 g/mol. The van der Waals surface area contributed by atoms with Gasteiger partial charge in [0.1, 0.15) is 0 Å². The molecule has 0 aliphatic carbocycles. The largest absolute Gasteiger partial charge is 0.381 e. The van der Waals surface area contributed by atoms with Crippen LogP contribution in [0.5, 0.6) is 0 Å². The van der Waals surface area contributed by atoms with Gasteiger partial charge in [-0.2, -0.15) is 0 Å². The first kappa shape index (κ1) is 11.6. The highest BCUT2D eigenvalue weighted by Gasteiger charge is 1.97. The molecule has 1 heterocycles. The minimum absolute atomic E-state index is 0.852. The fourth-order valence-corrected chi connectivity index (χ4v) is 1.96. The number of anilines is 1. The first-order valence-electron chi connectivity index (χ1n) is 5.88. The maximum absolute atomic E-state index is 4.36. The van der Waals surface area contributed by atoms with Crippen molar-refractivity contribution in [2.75, 3.05) is 5.32 Å². The van der Waals surface area contributed by atoms with Crippen molar-refractivity contribution in [3.8, 4) is 0 Å². The molecule has 0 aliphatic rings. The molecule has 17 heavy (non-hydrogen) atoms. The minimum Gasteiger partial charge on any atom is -0.381 e. The van der Waals surface area contributed by atoms with E-state index in [0.717, 1.165) is 23.6 Å². The van der Waals surface area contributed by atoms with E-state index in [1.807, 2.05) is 13.8 Å². The van der Waals surface area contributed by atoms with Crippen molar-refractivity contribution in [2.45, 2.75) is 27.3 Å².